The summed E-state index contributed by atoms with van der Waals surface area (Å²) in [4.78, 5) is 0. The van der Waals surface area contributed by atoms with Crippen LogP contribution in [0.5, 0.6) is 0 Å². The third kappa shape index (κ3) is 2.29. The quantitative estimate of drug-likeness (QED) is 0.748. The zero-order valence-corrected chi connectivity index (χ0v) is 11.6. The standard InChI is InChI=1S/C17H16N4/c1-2-6-16-14(5-1)17(11-19-21-16)20-13-7-8-15-12(10-13)4-3-9-18-15/h1-2,5-8,10-11,18H,3-4,9H2,(H,20,21). The molecule has 1 aliphatic rings. The van der Waals surface area contributed by atoms with Crippen molar-refractivity contribution in [2.24, 2.45) is 0 Å². The van der Waals surface area contributed by atoms with E-state index in [1.807, 2.05) is 18.2 Å². The fraction of sp³-hybridized carbons (Fsp3) is 0.176. The number of benzene rings is 2. The van der Waals surface area contributed by atoms with Crippen LogP contribution in [-0.4, -0.2) is 16.7 Å². The van der Waals surface area contributed by atoms with Crippen molar-refractivity contribution in [1.29, 1.82) is 0 Å². The van der Waals surface area contributed by atoms with Gasteiger partial charge in [0.2, 0.25) is 0 Å². The molecule has 0 atom stereocenters. The number of fused-ring (bicyclic) bond motifs is 2. The van der Waals surface area contributed by atoms with Gasteiger partial charge in [-0.25, -0.2) is 0 Å². The molecule has 0 radical (unpaired) electrons. The van der Waals surface area contributed by atoms with Crippen molar-refractivity contribution in [1.82, 2.24) is 10.2 Å². The molecule has 0 unspecified atom stereocenters. The van der Waals surface area contributed by atoms with Gasteiger partial charge in [-0.1, -0.05) is 18.2 Å². The van der Waals surface area contributed by atoms with Gasteiger partial charge in [-0.15, -0.1) is 0 Å². The predicted octanol–water partition coefficient (Wildman–Crippen LogP) is 3.73. The number of hydrogen-bond acceptors (Lipinski definition) is 4. The Morgan fingerprint density at radius 3 is 3.05 bits per heavy atom. The van der Waals surface area contributed by atoms with Gasteiger partial charge < -0.3 is 10.6 Å². The summed E-state index contributed by atoms with van der Waals surface area (Å²) in [6.07, 6.45) is 4.10. The molecule has 0 fully saturated rings. The van der Waals surface area contributed by atoms with E-state index in [0.717, 1.165) is 35.2 Å². The minimum atomic E-state index is 0.905. The van der Waals surface area contributed by atoms with Crippen molar-refractivity contribution >= 4 is 28.0 Å². The monoisotopic (exact) mass is 276 g/mol. The molecule has 0 saturated heterocycles. The molecule has 4 rings (SSSR count). The zero-order chi connectivity index (χ0) is 14.1. The number of anilines is 3. The maximum absolute atomic E-state index is 4.15. The van der Waals surface area contributed by atoms with Crippen LogP contribution >= 0.6 is 0 Å². The minimum Gasteiger partial charge on any atom is -0.385 e. The first kappa shape index (κ1) is 12.1. The second kappa shape index (κ2) is 5.05. The summed E-state index contributed by atoms with van der Waals surface area (Å²) in [6.45, 7) is 1.07. The highest BCUT2D eigenvalue weighted by molar-refractivity contribution is 5.92. The molecule has 1 aliphatic heterocycles. The van der Waals surface area contributed by atoms with E-state index in [1.54, 1.807) is 6.20 Å². The maximum Gasteiger partial charge on any atom is 0.0950 e. The average molecular weight is 276 g/mol. The Bertz CT molecular complexity index is 792. The van der Waals surface area contributed by atoms with Gasteiger partial charge in [-0.2, -0.15) is 10.2 Å². The number of nitrogens with one attached hydrogen (secondary N) is 2. The highest BCUT2D eigenvalue weighted by Gasteiger charge is 2.09. The SMILES string of the molecule is c1ccc2c(Nc3ccc4c(c3)CCCN4)cnnc2c1. The van der Waals surface area contributed by atoms with E-state index in [2.05, 4.69) is 45.1 Å². The van der Waals surface area contributed by atoms with Crippen molar-refractivity contribution in [3.05, 3.63) is 54.2 Å². The molecule has 104 valence electrons. The summed E-state index contributed by atoms with van der Waals surface area (Å²) in [7, 11) is 0. The topological polar surface area (TPSA) is 49.8 Å². The second-order valence-electron chi connectivity index (χ2n) is 5.30. The van der Waals surface area contributed by atoms with Gasteiger partial charge in [0.05, 0.1) is 17.4 Å². The third-order valence-corrected chi connectivity index (χ3v) is 3.87. The van der Waals surface area contributed by atoms with Crippen LogP contribution in [-0.2, 0) is 6.42 Å². The van der Waals surface area contributed by atoms with Crippen LogP contribution in [0.15, 0.2) is 48.7 Å². The fourth-order valence-electron chi connectivity index (χ4n) is 2.81. The van der Waals surface area contributed by atoms with Crippen LogP contribution in [0.4, 0.5) is 17.1 Å². The maximum atomic E-state index is 4.15. The van der Waals surface area contributed by atoms with E-state index in [4.69, 9.17) is 0 Å². The van der Waals surface area contributed by atoms with Gasteiger partial charge in [0.15, 0.2) is 0 Å². The van der Waals surface area contributed by atoms with E-state index in [-0.39, 0.29) is 0 Å². The van der Waals surface area contributed by atoms with E-state index < -0.39 is 0 Å². The lowest BCUT2D eigenvalue weighted by Gasteiger charge is -2.19. The van der Waals surface area contributed by atoms with Crippen LogP contribution in [0, 0.1) is 0 Å². The summed E-state index contributed by atoms with van der Waals surface area (Å²) < 4.78 is 0. The Kier molecular flexibility index (Phi) is 2.92. The van der Waals surface area contributed by atoms with Crippen molar-refractivity contribution < 1.29 is 0 Å². The lowest BCUT2D eigenvalue weighted by molar-refractivity contribution is 0.830. The first-order chi connectivity index (χ1) is 10.4. The van der Waals surface area contributed by atoms with E-state index >= 15 is 0 Å². The van der Waals surface area contributed by atoms with Crippen molar-refractivity contribution in [2.75, 3.05) is 17.2 Å². The molecule has 4 heteroatoms. The molecule has 0 amide bonds. The molecule has 2 aromatic carbocycles. The molecule has 0 saturated carbocycles. The fourth-order valence-corrected chi connectivity index (χ4v) is 2.81. The summed E-state index contributed by atoms with van der Waals surface area (Å²) in [5.74, 6) is 0. The van der Waals surface area contributed by atoms with Crippen LogP contribution < -0.4 is 10.6 Å². The van der Waals surface area contributed by atoms with Gasteiger partial charge >= 0.3 is 0 Å². The molecule has 2 N–H and O–H groups in total. The molecule has 0 bridgehead atoms. The summed E-state index contributed by atoms with van der Waals surface area (Å²) >= 11 is 0. The Labute approximate surface area is 123 Å². The van der Waals surface area contributed by atoms with Crippen LogP contribution in [0.1, 0.15) is 12.0 Å². The molecule has 0 spiro atoms. The average Bonchev–Trinajstić information content (AvgIpc) is 2.55. The van der Waals surface area contributed by atoms with E-state index in [9.17, 15) is 0 Å². The van der Waals surface area contributed by atoms with Crippen molar-refractivity contribution in [3.8, 4) is 0 Å². The molecule has 2 heterocycles. The van der Waals surface area contributed by atoms with Gasteiger partial charge in [-0.3, -0.25) is 0 Å². The van der Waals surface area contributed by atoms with Crippen LogP contribution in [0.25, 0.3) is 10.9 Å². The number of rotatable bonds is 2. The van der Waals surface area contributed by atoms with Crippen molar-refractivity contribution in [3.63, 3.8) is 0 Å². The van der Waals surface area contributed by atoms with E-state index in [0.29, 0.717) is 0 Å². The number of hydrogen-bond donors (Lipinski definition) is 2. The number of aromatic nitrogens is 2. The molecule has 0 aliphatic carbocycles. The largest absolute Gasteiger partial charge is 0.385 e. The normalized spacial score (nSPS) is 13.5. The van der Waals surface area contributed by atoms with Gasteiger partial charge in [-0.05, 0) is 42.7 Å². The summed E-state index contributed by atoms with van der Waals surface area (Å²) in [6, 6.07) is 14.5. The number of aryl methyl sites for hydroxylation is 1. The highest BCUT2D eigenvalue weighted by Crippen LogP contribution is 2.28. The third-order valence-electron chi connectivity index (χ3n) is 3.87. The Morgan fingerprint density at radius 1 is 1.10 bits per heavy atom. The lowest BCUT2D eigenvalue weighted by atomic mass is 10.0. The molecule has 1 aromatic heterocycles. The second-order valence-corrected chi connectivity index (χ2v) is 5.30. The summed E-state index contributed by atoms with van der Waals surface area (Å²) in [5.41, 5.74) is 5.61. The predicted molar refractivity (Wildman–Crippen MR) is 86.1 cm³/mol. The Hall–Kier alpha value is -2.62. The van der Waals surface area contributed by atoms with E-state index in [1.165, 1.54) is 17.7 Å². The zero-order valence-electron chi connectivity index (χ0n) is 11.6. The van der Waals surface area contributed by atoms with Gasteiger partial charge in [0, 0.05) is 23.3 Å². The molecule has 3 aromatic rings. The highest BCUT2D eigenvalue weighted by atomic mass is 15.1. The first-order valence-electron chi connectivity index (χ1n) is 7.24. The lowest BCUT2D eigenvalue weighted by Crippen LogP contribution is -2.11. The first-order valence-corrected chi connectivity index (χ1v) is 7.24. The molecular formula is C17H16N4. The van der Waals surface area contributed by atoms with Gasteiger partial charge in [0.25, 0.3) is 0 Å². The Morgan fingerprint density at radius 2 is 2.05 bits per heavy atom. The molecular weight excluding hydrogens is 260 g/mol. The summed E-state index contributed by atoms with van der Waals surface area (Å²) in [5, 5.41) is 16.2. The van der Waals surface area contributed by atoms with Crippen LogP contribution in [0.3, 0.4) is 0 Å². The molecule has 4 nitrogen and oxygen atoms in total. The Balaban J connectivity index is 1.71. The molecule has 21 heavy (non-hydrogen) atoms. The van der Waals surface area contributed by atoms with Crippen molar-refractivity contribution in [2.45, 2.75) is 12.8 Å². The van der Waals surface area contributed by atoms with Gasteiger partial charge in [0.1, 0.15) is 0 Å². The van der Waals surface area contributed by atoms with Crippen LogP contribution in [0.2, 0.25) is 0 Å². The number of nitrogens with zero attached hydrogens (tertiary/aromatic N) is 2. The minimum absolute atomic E-state index is 0.905. The smallest absolute Gasteiger partial charge is 0.0950 e.